The Hall–Kier alpha value is -1.07. The van der Waals surface area contributed by atoms with E-state index in [4.69, 9.17) is 0 Å². The fraction of sp³-hybridized carbons (Fsp3) is 0.625. The summed E-state index contributed by atoms with van der Waals surface area (Å²) >= 11 is 0. The molecule has 0 amide bonds. The van der Waals surface area contributed by atoms with Crippen molar-refractivity contribution in [3.8, 4) is 0 Å². The molecule has 21 heavy (non-hydrogen) atoms. The highest BCUT2D eigenvalue weighted by molar-refractivity contribution is 7.92. The molecule has 0 aromatic heterocycles. The topological polar surface area (TPSA) is 58.2 Å². The summed E-state index contributed by atoms with van der Waals surface area (Å²) in [5, 5.41) is 3.25. The van der Waals surface area contributed by atoms with Crippen molar-refractivity contribution in [1.29, 1.82) is 0 Å². The van der Waals surface area contributed by atoms with Gasteiger partial charge in [-0.3, -0.25) is 4.72 Å². The van der Waals surface area contributed by atoms with Crippen LogP contribution in [-0.2, 0) is 15.4 Å². The van der Waals surface area contributed by atoms with Crippen molar-refractivity contribution in [3.63, 3.8) is 0 Å². The number of rotatable bonds is 4. The molecule has 1 unspecified atom stereocenters. The van der Waals surface area contributed by atoms with Gasteiger partial charge in [-0.25, -0.2) is 8.42 Å². The first-order valence-electron chi connectivity index (χ1n) is 7.58. The Morgan fingerprint density at radius 1 is 1.24 bits per heavy atom. The third-order valence-electron chi connectivity index (χ3n) is 3.88. The monoisotopic (exact) mass is 310 g/mol. The van der Waals surface area contributed by atoms with E-state index < -0.39 is 10.0 Å². The van der Waals surface area contributed by atoms with Gasteiger partial charge in [-0.05, 0) is 55.0 Å². The third kappa shape index (κ3) is 5.00. The Kier molecular flexibility index (Phi) is 4.94. The normalized spacial score (nSPS) is 20.2. The third-order valence-corrected chi connectivity index (χ3v) is 5.34. The molecule has 1 heterocycles. The van der Waals surface area contributed by atoms with E-state index in [1.54, 1.807) is 0 Å². The summed E-state index contributed by atoms with van der Waals surface area (Å²) in [5.41, 5.74) is 1.92. The molecule has 4 nitrogen and oxygen atoms in total. The van der Waals surface area contributed by atoms with Crippen LogP contribution in [0.5, 0.6) is 0 Å². The van der Waals surface area contributed by atoms with Crippen LogP contribution in [0.3, 0.4) is 0 Å². The van der Waals surface area contributed by atoms with Crippen molar-refractivity contribution in [2.75, 3.05) is 23.6 Å². The van der Waals surface area contributed by atoms with Crippen LogP contribution in [0, 0.1) is 5.92 Å². The summed E-state index contributed by atoms with van der Waals surface area (Å²) in [7, 11) is -3.27. The number of benzene rings is 1. The maximum Gasteiger partial charge on any atom is 0.233 e. The Bertz CT molecular complexity index is 553. The van der Waals surface area contributed by atoms with Gasteiger partial charge in [0.05, 0.1) is 5.75 Å². The Labute approximate surface area is 128 Å². The molecule has 0 saturated carbocycles. The largest absolute Gasteiger partial charge is 0.316 e. The maximum atomic E-state index is 12.2. The number of sulfonamides is 1. The summed E-state index contributed by atoms with van der Waals surface area (Å²) in [6.45, 7) is 8.22. The van der Waals surface area contributed by atoms with E-state index in [2.05, 4.69) is 30.8 Å². The molecule has 118 valence electrons. The molecule has 2 rings (SSSR count). The van der Waals surface area contributed by atoms with Crippen molar-refractivity contribution >= 4 is 15.7 Å². The molecule has 1 atom stereocenters. The number of anilines is 1. The van der Waals surface area contributed by atoms with Gasteiger partial charge in [0.1, 0.15) is 0 Å². The van der Waals surface area contributed by atoms with Gasteiger partial charge in [0.15, 0.2) is 0 Å². The minimum Gasteiger partial charge on any atom is -0.316 e. The van der Waals surface area contributed by atoms with Gasteiger partial charge in [-0.15, -0.1) is 0 Å². The van der Waals surface area contributed by atoms with Gasteiger partial charge >= 0.3 is 0 Å². The Morgan fingerprint density at radius 3 is 2.43 bits per heavy atom. The maximum absolute atomic E-state index is 12.2. The minimum atomic E-state index is -3.27. The zero-order valence-corrected chi connectivity index (χ0v) is 14.0. The lowest BCUT2D eigenvalue weighted by atomic mass is 9.87. The van der Waals surface area contributed by atoms with E-state index in [1.807, 2.05) is 24.3 Å². The minimum absolute atomic E-state index is 0.0746. The molecule has 2 N–H and O–H groups in total. The lowest BCUT2D eigenvalue weighted by Gasteiger charge is -2.23. The van der Waals surface area contributed by atoms with Gasteiger partial charge in [0.2, 0.25) is 10.0 Å². The predicted molar refractivity (Wildman–Crippen MR) is 88.1 cm³/mol. The number of hydrogen-bond donors (Lipinski definition) is 2. The van der Waals surface area contributed by atoms with Crippen LogP contribution >= 0.6 is 0 Å². The summed E-state index contributed by atoms with van der Waals surface area (Å²) in [5.74, 6) is 0.409. The molecule has 5 heteroatoms. The molecule has 1 aliphatic heterocycles. The average molecular weight is 310 g/mol. The summed E-state index contributed by atoms with van der Waals surface area (Å²) in [4.78, 5) is 0. The highest BCUT2D eigenvalue weighted by Crippen LogP contribution is 2.24. The summed E-state index contributed by atoms with van der Waals surface area (Å²) in [6, 6.07) is 7.66. The Balaban J connectivity index is 1.99. The summed E-state index contributed by atoms with van der Waals surface area (Å²) < 4.78 is 27.1. The van der Waals surface area contributed by atoms with E-state index in [9.17, 15) is 8.42 Å². The second-order valence-electron chi connectivity index (χ2n) is 6.92. The van der Waals surface area contributed by atoms with E-state index in [0.29, 0.717) is 5.69 Å². The second kappa shape index (κ2) is 6.36. The highest BCUT2D eigenvalue weighted by Gasteiger charge is 2.21. The molecule has 1 aliphatic rings. The van der Waals surface area contributed by atoms with Crippen LogP contribution in [-0.4, -0.2) is 27.3 Å². The van der Waals surface area contributed by atoms with Crippen LogP contribution in [0.2, 0.25) is 0 Å². The van der Waals surface area contributed by atoms with Crippen LogP contribution < -0.4 is 10.0 Å². The summed E-state index contributed by atoms with van der Waals surface area (Å²) in [6.07, 6.45) is 2.04. The van der Waals surface area contributed by atoms with Crippen LogP contribution in [0.15, 0.2) is 24.3 Å². The predicted octanol–water partition coefficient (Wildman–Crippen LogP) is 2.73. The molecule has 0 bridgehead atoms. The second-order valence-corrected chi connectivity index (χ2v) is 8.69. The fourth-order valence-corrected chi connectivity index (χ4v) is 4.12. The molecule has 1 fully saturated rings. The van der Waals surface area contributed by atoms with Gasteiger partial charge in [0.25, 0.3) is 0 Å². The first-order valence-corrected chi connectivity index (χ1v) is 9.23. The quantitative estimate of drug-likeness (QED) is 0.899. The smallest absolute Gasteiger partial charge is 0.233 e. The van der Waals surface area contributed by atoms with Crippen molar-refractivity contribution in [1.82, 2.24) is 5.32 Å². The molecule has 0 radical (unpaired) electrons. The first kappa shape index (κ1) is 16.3. The van der Waals surface area contributed by atoms with Gasteiger partial charge < -0.3 is 5.32 Å². The molecule has 1 aromatic rings. The fourth-order valence-electron chi connectivity index (χ4n) is 2.64. The van der Waals surface area contributed by atoms with E-state index in [1.165, 1.54) is 5.56 Å². The standard InChI is InChI=1S/C16H26N2O2S/c1-16(2,3)14-6-8-15(9-7-14)18-21(19,20)12-13-5-4-10-17-11-13/h6-9,13,17-18H,4-5,10-12H2,1-3H3. The van der Waals surface area contributed by atoms with Gasteiger partial charge in [0, 0.05) is 5.69 Å². The first-order chi connectivity index (χ1) is 9.76. The molecular weight excluding hydrogens is 284 g/mol. The number of hydrogen-bond acceptors (Lipinski definition) is 3. The van der Waals surface area contributed by atoms with Gasteiger partial charge in [-0.2, -0.15) is 0 Å². The zero-order chi connectivity index (χ0) is 15.5. The zero-order valence-electron chi connectivity index (χ0n) is 13.1. The SMILES string of the molecule is CC(C)(C)c1ccc(NS(=O)(=O)CC2CCCNC2)cc1. The van der Waals surface area contributed by atoms with Crippen molar-refractivity contribution in [2.45, 2.75) is 39.0 Å². The molecule has 0 spiro atoms. The van der Waals surface area contributed by atoms with Crippen LogP contribution in [0.1, 0.15) is 39.2 Å². The van der Waals surface area contributed by atoms with Crippen molar-refractivity contribution < 1.29 is 8.42 Å². The number of piperidine rings is 1. The average Bonchev–Trinajstić information content (AvgIpc) is 2.38. The molecular formula is C16H26N2O2S. The lowest BCUT2D eigenvalue weighted by molar-refractivity contribution is 0.404. The Morgan fingerprint density at radius 2 is 1.90 bits per heavy atom. The highest BCUT2D eigenvalue weighted by atomic mass is 32.2. The van der Waals surface area contributed by atoms with Crippen LogP contribution in [0.4, 0.5) is 5.69 Å². The number of nitrogens with one attached hydrogen (secondary N) is 2. The van der Waals surface area contributed by atoms with E-state index >= 15 is 0 Å². The van der Waals surface area contributed by atoms with Gasteiger partial charge in [-0.1, -0.05) is 32.9 Å². The molecule has 1 saturated heterocycles. The van der Waals surface area contributed by atoms with E-state index in [0.717, 1.165) is 25.9 Å². The lowest BCUT2D eigenvalue weighted by Crippen LogP contribution is -2.35. The molecule has 1 aromatic carbocycles. The van der Waals surface area contributed by atoms with Crippen molar-refractivity contribution in [2.24, 2.45) is 5.92 Å². The van der Waals surface area contributed by atoms with Crippen LogP contribution in [0.25, 0.3) is 0 Å². The van der Waals surface area contributed by atoms with Crippen molar-refractivity contribution in [3.05, 3.63) is 29.8 Å². The molecule has 0 aliphatic carbocycles. The van der Waals surface area contributed by atoms with E-state index in [-0.39, 0.29) is 17.1 Å².